The monoisotopic (exact) mass is 509 g/mol. The van der Waals surface area contributed by atoms with Gasteiger partial charge in [0.25, 0.3) is 0 Å². The Morgan fingerprint density at radius 1 is 0.763 bits per heavy atom. The van der Waals surface area contributed by atoms with Crippen molar-refractivity contribution in [1.82, 2.24) is 0 Å². The van der Waals surface area contributed by atoms with Crippen LogP contribution in [0.25, 0.3) is 12.2 Å². The Morgan fingerprint density at radius 3 is 2.26 bits per heavy atom. The molecule has 0 radical (unpaired) electrons. The lowest BCUT2D eigenvalue weighted by atomic mass is 9.96. The van der Waals surface area contributed by atoms with E-state index in [0.717, 1.165) is 85.8 Å². The molecule has 0 aliphatic heterocycles. The van der Waals surface area contributed by atoms with E-state index in [2.05, 4.69) is 41.1 Å². The first-order chi connectivity index (χ1) is 18.7. The maximum atomic E-state index is 11.2. The first-order valence-corrected chi connectivity index (χ1v) is 13.7. The summed E-state index contributed by atoms with van der Waals surface area (Å²) in [5.74, 6) is 0.718. The average Bonchev–Trinajstić information content (AvgIpc) is 2.96. The molecule has 0 aromatic heterocycles. The van der Waals surface area contributed by atoms with E-state index in [-0.39, 0.29) is 5.97 Å². The normalized spacial score (nSPS) is 10.8. The largest absolute Gasteiger partial charge is 0.493 e. The molecule has 0 heterocycles. The van der Waals surface area contributed by atoms with Gasteiger partial charge in [-0.2, -0.15) is 5.26 Å². The van der Waals surface area contributed by atoms with Crippen molar-refractivity contribution in [2.75, 3.05) is 13.7 Å². The van der Waals surface area contributed by atoms with Gasteiger partial charge in [-0.3, -0.25) is 4.79 Å². The molecule has 0 atom stereocenters. The molecule has 0 saturated carbocycles. The van der Waals surface area contributed by atoms with Crippen LogP contribution in [0.5, 0.6) is 5.75 Å². The summed E-state index contributed by atoms with van der Waals surface area (Å²) in [6.07, 6.45) is 13.7. The van der Waals surface area contributed by atoms with E-state index in [1.165, 1.54) is 12.7 Å². The molecular formula is C34H39NO3. The van der Waals surface area contributed by atoms with Crippen molar-refractivity contribution in [3.05, 3.63) is 101 Å². The van der Waals surface area contributed by atoms with Crippen LogP contribution in [0.15, 0.2) is 72.8 Å². The first-order valence-electron chi connectivity index (χ1n) is 13.7. The molecule has 0 aliphatic carbocycles. The highest BCUT2D eigenvalue weighted by atomic mass is 16.5. The SMILES string of the molecule is COC(=O)CCCCCCc1cccc(/C=C/c2ccccc2OCCCCCc2ccccc2)c1C#N. The lowest BCUT2D eigenvalue weighted by molar-refractivity contribution is -0.140. The number of nitrogens with zero attached hydrogens (tertiary/aromatic N) is 1. The second-order valence-electron chi connectivity index (χ2n) is 9.50. The molecule has 0 spiro atoms. The van der Waals surface area contributed by atoms with Gasteiger partial charge in [-0.25, -0.2) is 0 Å². The number of esters is 1. The fourth-order valence-corrected chi connectivity index (χ4v) is 4.51. The Morgan fingerprint density at radius 2 is 1.45 bits per heavy atom. The van der Waals surface area contributed by atoms with E-state index < -0.39 is 0 Å². The number of carbonyl (C=O) groups excluding carboxylic acids is 1. The Hall–Kier alpha value is -3.84. The van der Waals surface area contributed by atoms with Crippen LogP contribution in [0.2, 0.25) is 0 Å². The molecule has 4 heteroatoms. The van der Waals surface area contributed by atoms with Crippen molar-refractivity contribution >= 4 is 18.1 Å². The third-order valence-corrected chi connectivity index (χ3v) is 6.67. The lowest BCUT2D eigenvalue weighted by Gasteiger charge is -2.10. The Bertz CT molecular complexity index is 1190. The zero-order chi connectivity index (χ0) is 26.8. The predicted molar refractivity (Wildman–Crippen MR) is 155 cm³/mol. The van der Waals surface area contributed by atoms with Gasteiger partial charge in [0, 0.05) is 12.0 Å². The van der Waals surface area contributed by atoms with Crippen molar-refractivity contribution in [2.45, 2.75) is 64.2 Å². The number of hydrogen-bond donors (Lipinski definition) is 0. The first kappa shape index (κ1) is 28.7. The number of nitriles is 1. The van der Waals surface area contributed by atoms with Gasteiger partial charge in [-0.15, -0.1) is 0 Å². The lowest BCUT2D eigenvalue weighted by Crippen LogP contribution is -1.99. The smallest absolute Gasteiger partial charge is 0.305 e. The van der Waals surface area contributed by atoms with Crippen LogP contribution in [0.1, 0.15) is 79.2 Å². The minimum absolute atomic E-state index is 0.151. The summed E-state index contributed by atoms with van der Waals surface area (Å²) >= 11 is 0. The maximum Gasteiger partial charge on any atom is 0.305 e. The molecule has 0 fully saturated rings. The summed E-state index contributed by atoms with van der Waals surface area (Å²) in [5, 5.41) is 9.88. The van der Waals surface area contributed by atoms with Crippen molar-refractivity contribution in [3.63, 3.8) is 0 Å². The third kappa shape index (κ3) is 9.90. The molecule has 4 nitrogen and oxygen atoms in total. The second kappa shape index (κ2) is 16.8. The average molecular weight is 510 g/mol. The molecule has 0 bridgehead atoms. The molecule has 0 unspecified atom stereocenters. The standard InChI is InChI=1S/C34H39NO3/c1-37-34(36)23-10-3-2-9-18-29-20-14-21-30(32(29)27-35)24-25-31-19-11-12-22-33(31)38-26-13-5-8-17-28-15-6-4-7-16-28/h4,6-7,11-12,14-16,19-22,24-25H,2-3,5,8-10,13,17-18,23,26H2,1H3/b25-24+. The number of hydrogen-bond acceptors (Lipinski definition) is 4. The number of unbranched alkanes of at least 4 members (excludes halogenated alkanes) is 5. The van der Waals surface area contributed by atoms with Crippen molar-refractivity contribution in [2.24, 2.45) is 0 Å². The molecule has 198 valence electrons. The number of para-hydroxylation sites is 1. The summed E-state index contributed by atoms with van der Waals surface area (Å²) in [4.78, 5) is 11.2. The summed E-state index contributed by atoms with van der Waals surface area (Å²) in [7, 11) is 1.42. The Labute approximate surface area is 227 Å². The van der Waals surface area contributed by atoms with Crippen molar-refractivity contribution in [3.8, 4) is 11.8 Å². The summed E-state index contributed by atoms with van der Waals surface area (Å²) in [6, 6.07) is 27.1. The van der Waals surface area contributed by atoms with Crippen molar-refractivity contribution < 1.29 is 14.3 Å². The highest BCUT2D eigenvalue weighted by molar-refractivity contribution is 5.75. The second-order valence-corrected chi connectivity index (χ2v) is 9.50. The van der Waals surface area contributed by atoms with Gasteiger partial charge in [-0.05, 0) is 67.7 Å². The van der Waals surface area contributed by atoms with Crippen LogP contribution in [-0.2, 0) is 22.4 Å². The van der Waals surface area contributed by atoms with Crippen molar-refractivity contribution in [1.29, 1.82) is 5.26 Å². The van der Waals surface area contributed by atoms with E-state index >= 15 is 0 Å². The van der Waals surface area contributed by atoms with Gasteiger partial charge < -0.3 is 9.47 Å². The van der Waals surface area contributed by atoms with E-state index in [1.54, 1.807) is 0 Å². The van der Waals surface area contributed by atoms with Crippen LogP contribution in [0.4, 0.5) is 0 Å². The molecule has 3 aromatic carbocycles. The van der Waals surface area contributed by atoms with E-state index in [1.807, 2.05) is 54.6 Å². The summed E-state index contributed by atoms with van der Waals surface area (Å²) < 4.78 is 10.8. The fraction of sp³-hybridized carbons (Fsp3) is 0.353. The Kier molecular flexibility index (Phi) is 12.7. The minimum atomic E-state index is -0.151. The fourth-order valence-electron chi connectivity index (χ4n) is 4.51. The zero-order valence-electron chi connectivity index (χ0n) is 22.5. The van der Waals surface area contributed by atoms with E-state index in [4.69, 9.17) is 4.74 Å². The highest BCUT2D eigenvalue weighted by Crippen LogP contribution is 2.24. The quantitative estimate of drug-likeness (QED) is 0.111. The Balaban J connectivity index is 1.50. The van der Waals surface area contributed by atoms with Gasteiger partial charge in [0.15, 0.2) is 0 Å². The van der Waals surface area contributed by atoms with E-state index in [9.17, 15) is 10.1 Å². The topological polar surface area (TPSA) is 59.3 Å². The number of methoxy groups -OCH3 is 1. The van der Waals surface area contributed by atoms with Crippen LogP contribution in [0.3, 0.4) is 0 Å². The molecule has 0 saturated heterocycles. The van der Waals surface area contributed by atoms with Gasteiger partial charge in [0.2, 0.25) is 0 Å². The van der Waals surface area contributed by atoms with Crippen LogP contribution >= 0.6 is 0 Å². The summed E-state index contributed by atoms with van der Waals surface area (Å²) in [5.41, 5.74) is 5.13. The van der Waals surface area contributed by atoms with Crippen LogP contribution in [-0.4, -0.2) is 19.7 Å². The number of carbonyl (C=O) groups is 1. The van der Waals surface area contributed by atoms with Gasteiger partial charge in [0.05, 0.1) is 19.3 Å². The molecule has 3 rings (SSSR count). The molecule has 0 aliphatic rings. The summed E-state index contributed by atoms with van der Waals surface area (Å²) in [6.45, 7) is 0.693. The molecule has 0 amide bonds. The molecule has 38 heavy (non-hydrogen) atoms. The van der Waals surface area contributed by atoms with Gasteiger partial charge in [-0.1, -0.05) is 91.7 Å². The van der Waals surface area contributed by atoms with Gasteiger partial charge >= 0.3 is 5.97 Å². The maximum absolute atomic E-state index is 11.2. The molecular weight excluding hydrogens is 470 g/mol. The number of aryl methyl sites for hydroxylation is 2. The number of rotatable bonds is 16. The zero-order valence-corrected chi connectivity index (χ0v) is 22.5. The molecule has 3 aromatic rings. The van der Waals surface area contributed by atoms with Gasteiger partial charge in [0.1, 0.15) is 11.8 Å². The number of benzene rings is 3. The minimum Gasteiger partial charge on any atom is -0.493 e. The van der Waals surface area contributed by atoms with E-state index in [0.29, 0.717) is 13.0 Å². The third-order valence-electron chi connectivity index (χ3n) is 6.67. The van der Waals surface area contributed by atoms with Crippen LogP contribution < -0.4 is 4.74 Å². The number of ether oxygens (including phenoxy) is 2. The molecule has 0 N–H and O–H groups in total. The predicted octanol–water partition coefficient (Wildman–Crippen LogP) is 8.19. The highest BCUT2D eigenvalue weighted by Gasteiger charge is 2.07. The van der Waals surface area contributed by atoms with Crippen LogP contribution in [0, 0.1) is 11.3 Å².